The standard InChI is InChI=1S/C14H10N6O/c15-18-17-13(21)12-10-16-20(11-6-2-1-3-7-11)14(12)19-8-4-5-9-19/h1-10H. The maximum absolute atomic E-state index is 11.9. The van der Waals surface area contributed by atoms with E-state index < -0.39 is 5.91 Å². The molecule has 0 radical (unpaired) electrons. The molecule has 0 atom stereocenters. The second-order valence-electron chi connectivity index (χ2n) is 4.21. The first-order chi connectivity index (χ1) is 10.3. The van der Waals surface area contributed by atoms with Gasteiger partial charge in [0.1, 0.15) is 0 Å². The van der Waals surface area contributed by atoms with Crippen molar-refractivity contribution < 1.29 is 4.79 Å². The predicted octanol–water partition coefficient (Wildman–Crippen LogP) is 3.11. The maximum Gasteiger partial charge on any atom is 0.254 e. The Morgan fingerprint density at radius 2 is 1.86 bits per heavy atom. The fraction of sp³-hybridized carbons (Fsp3) is 0. The van der Waals surface area contributed by atoms with E-state index in [0.29, 0.717) is 5.82 Å². The number of carbonyl (C=O) groups is 1. The van der Waals surface area contributed by atoms with Gasteiger partial charge in [-0.25, -0.2) is 4.68 Å². The number of aromatic nitrogens is 3. The van der Waals surface area contributed by atoms with E-state index in [1.54, 1.807) is 21.6 Å². The molecule has 21 heavy (non-hydrogen) atoms. The van der Waals surface area contributed by atoms with Crippen LogP contribution in [-0.2, 0) is 0 Å². The topological polar surface area (TPSA) is 88.6 Å². The quantitative estimate of drug-likeness (QED) is 0.418. The molecule has 7 heteroatoms. The number of amides is 1. The number of hydrogen-bond acceptors (Lipinski definition) is 2. The Balaban J connectivity index is 2.23. The van der Waals surface area contributed by atoms with Gasteiger partial charge in [-0.3, -0.25) is 4.79 Å². The molecule has 0 bridgehead atoms. The molecule has 1 amide bonds. The van der Waals surface area contributed by atoms with Gasteiger partial charge in [0, 0.05) is 17.3 Å². The molecule has 3 rings (SSSR count). The van der Waals surface area contributed by atoms with Gasteiger partial charge in [-0.05, 0) is 34.9 Å². The van der Waals surface area contributed by atoms with Crippen LogP contribution in [0.2, 0.25) is 0 Å². The number of para-hydroxylation sites is 1. The van der Waals surface area contributed by atoms with Crippen LogP contribution in [0.1, 0.15) is 10.4 Å². The lowest BCUT2D eigenvalue weighted by Crippen LogP contribution is -2.07. The highest BCUT2D eigenvalue weighted by atomic mass is 16.1. The maximum atomic E-state index is 11.9. The summed E-state index contributed by atoms with van der Waals surface area (Å²) >= 11 is 0. The number of benzene rings is 1. The van der Waals surface area contributed by atoms with E-state index >= 15 is 0 Å². The Morgan fingerprint density at radius 3 is 2.52 bits per heavy atom. The van der Waals surface area contributed by atoms with Crippen LogP contribution in [0.3, 0.4) is 0 Å². The summed E-state index contributed by atoms with van der Waals surface area (Å²) in [5.74, 6) is -0.132. The summed E-state index contributed by atoms with van der Waals surface area (Å²) < 4.78 is 3.38. The van der Waals surface area contributed by atoms with E-state index in [9.17, 15) is 4.79 Å². The average Bonchev–Trinajstić information content (AvgIpc) is 3.17. The molecular weight excluding hydrogens is 268 g/mol. The van der Waals surface area contributed by atoms with Crippen LogP contribution >= 0.6 is 0 Å². The lowest BCUT2D eigenvalue weighted by atomic mass is 10.3. The molecule has 0 saturated heterocycles. The molecule has 7 nitrogen and oxygen atoms in total. The second kappa shape index (κ2) is 5.36. The highest BCUT2D eigenvalue weighted by Gasteiger charge is 2.18. The van der Waals surface area contributed by atoms with E-state index in [1.165, 1.54) is 6.20 Å². The zero-order valence-electron chi connectivity index (χ0n) is 10.9. The van der Waals surface area contributed by atoms with Gasteiger partial charge in [0.15, 0.2) is 5.82 Å². The molecule has 0 spiro atoms. The zero-order chi connectivity index (χ0) is 14.7. The number of rotatable bonds is 3. The highest BCUT2D eigenvalue weighted by Crippen LogP contribution is 2.20. The van der Waals surface area contributed by atoms with Crippen molar-refractivity contribution in [3.05, 3.63) is 77.1 Å². The van der Waals surface area contributed by atoms with Gasteiger partial charge in [0.05, 0.1) is 17.4 Å². The minimum absolute atomic E-state index is 0.243. The second-order valence-corrected chi connectivity index (χ2v) is 4.21. The number of hydrogen-bond donors (Lipinski definition) is 0. The van der Waals surface area contributed by atoms with Crippen LogP contribution in [0.5, 0.6) is 0 Å². The SMILES string of the molecule is [N-]=[N+]=NC(=O)c1cnn(-c2ccccc2)c1-n1cccc1. The van der Waals surface area contributed by atoms with Crippen LogP contribution in [0, 0.1) is 0 Å². The third-order valence-corrected chi connectivity index (χ3v) is 2.96. The molecule has 0 aliphatic rings. The number of nitrogens with zero attached hydrogens (tertiary/aromatic N) is 6. The summed E-state index contributed by atoms with van der Waals surface area (Å²) in [6.45, 7) is 0. The first kappa shape index (κ1) is 12.7. The van der Waals surface area contributed by atoms with E-state index in [-0.39, 0.29) is 5.56 Å². The van der Waals surface area contributed by atoms with Gasteiger partial charge in [0.25, 0.3) is 5.91 Å². The largest absolute Gasteiger partial charge is 0.308 e. The third-order valence-electron chi connectivity index (χ3n) is 2.96. The average molecular weight is 278 g/mol. The molecule has 0 N–H and O–H groups in total. The molecule has 0 unspecified atom stereocenters. The lowest BCUT2D eigenvalue weighted by molar-refractivity contribution is 0.100. The van der Waals surface area contributed by atoms with Gasteiger partial charge in [-0.2, -0.15) is 5.10 Å². The molecule has 0 saturated carbocycles. The smallest absolute Gasteiger partial charge is 0.254 e. The van der Waals surface area contributed by atoms with E-state index in [0.717, 1.165) is 5.69 Å². The van der Waals surface area contributed by atoms with Crippen LogP contribution in [-0.4, -0.2) is 20.3 Å². The predicted molar refractivity (Wildman–Crippen MR) is 76.4 cm³/mol. The van der Waals surface area contributed by atoms with Crippen molar-refractivity contribution in [2.45, 2.75) is 0 Å². The van der Waals surface area contributed by atoms with Gasteiger partial charge in [-0.15, -0.1) is 0 Å². The number of carbonyl (C=O) groups excluding carboxylic acids is 1. The lowest BCUT2D eigenvalue weighted by Gasteiger charge is -2.09. The van der Waals surface area contributed by atoms with Crippen LogP contribution in [0.4, 0.5) is 0 Å². The van der Waals surface area contributed by atoms with Crippen molar-refractivity contribution in [2.24, 2.45) is 5.11 Å². The Bertz CT molecular complexity index is 813. The summed E-state index contributed by atoms with van der Waals surface area (Å²) in [6.07, 6.45) is 4.99. The molecule has 2 aromatic heterocycles. The Kier molecular flexibility index (Phi) is 3.24. The Hall–Kier alpha value is -3.31. The van der Waals surface area contributed by atoms with Crippen molar-refractivity contribution in [3.63, 3.8) is 0 Å². The summed E-state index contributed by atoms with van der Waals surface area (Å²) in [7, 11) is 0. The zero-order valence-corrected chi connectivity index (χ0v) is 10.9. The highest BCUT2D eigenvalue weighted by molar-refractivity contribution is 5.97. The van der Waals surface area contributed by atoms with Crippen LogP contribution < -0.4 is 0 Å². The van der Waals surface area contributed by atoms with Gasteiger partial charge < -0.3 is 4.57 Å². The fourth-order valence-corrected chi connectivity index (χ4v) is 2.07. The molecular formula is C14H10N6O. The first-order valence-electron chi connectivity index (χ1n) is 6.17. The Morgan fingerprint density at radius 1 is 1.14 bits per heavy atom. The molecule has 0 aliphatic heterocycles. The summed E-state index contributed by atoms with van der Waals surface area (Å²) in [5, 5.41) is 7.38. The summed E-state index contributed by atoms with van der Waals surface area (Å²) in [6, 6.07) is 13.1. The van der Waals surface area contributed by atoms with Crippen molar-refractivity contribution in [2.75, 3.05) is 0 Å². The number of azide groups is 1. The van der Waals surface area contributed by atoms with Gasteiger partial charge in [-0.1, -0.05) is 18.2 Å². The summed E-state index contributed by atoms with van der Waals surface area (Å²) in [4.78, 5) is 14.5. The van der Waals surface area contributed by atoms with E-state index in [4.69, 9.17) is 5.53 Å². The fourth-order valence-electron chi connectivity index (χ4n) is 2.07. The van der Waals surface area contributed by atoms with Crippen LogP contribution in [0.25, 0.3) is 21.9 Å². The first-order valence-corrected chi connectivity index (χ1v) is 6.17. The van der Waals surface area contributed by atoms with E-state index in [2.05, 4.69) is 15.1 Å². The molecule has 2 heterocycles. The van der Waals surface area contributed by atoms with Crippen LogP contribution in [0.15, 0.2) is 66.2 Å². The summed E-state index contributed by atoms with van der Waals surface area (Å²) in [5.41, 5.74) is 9.50. The molecule has 0 fully saturated rings. The molecule has 3 aromatic rings. The van der Waals surface area contributed by atoms with Crippen molar-refractivity contribution in [1.29, 1.82) is 0 Å². The van der Waals surface area contributed by atoms with E-state index in [1.807, 2.05) is 42.5 Å². The molecule has 0 aliphatic carbocycles. The minimum atomic E-state index is -0.664. The molecule has 102 valence electrons. The van der Waals surface area contributed by atoms with Gasteiger partial charge >= 0.3 is 0 Å². The molecule has 1 aromatic carbocycles. The van der Waals surface area contributed by atoms with Gasteiger partial charge in [0.2, 0.25) is 0 Å². The Labute approximate surface area is 119 Å². The van der Waals surface area contributed by atoms with Crippen molar-refractivity contribution in [3.8, 4) is 11.5 Å². The minimum Gasteiger partial charge on any atom is -0.308 e. The normalized spacial score (nSPS) is 10.1. The van der Waals surface area contributed by atoms with Crippen molar-refractivity contribution >= 4 is 5.91 Å². The third kappa shape index (κ3) is 2.29. The monoisotopic (exact) mass is 278 g/mol. The van der Waals surface area contributed by atoms with Crippen molar-refractivity contribution in [1.82, 2.24) is 14.3 Å².